The number of carbonyl (C=O) groups excluding carboxylic acids is 1. The van der Waals surface area contributed by atoms with Crippen LogP contribution in [0.5, 0.6) is 0 Å². The first-order valence-corrected chi connectivity index (χ1v) is 9.40. The zero-order chi connectivity index (χ0) is 21.3. The fourth-order valence-electron chi connectivity index (χ4n) is 2.72. The van der Waals surface area contributed by atoms with Gasteiger partial charge < -0.3 is 19.9 Å². The molecule has 0 unspecified atom stereocenters. The van der Waals surface area contributed by atoms with Crippen LogP contribution in [0.1, 0.15) is 53.5 Å². The molecule has 2 N–H and O–H groups in total. The average molecular weight is 389 g/mol. The van der Waals surface area contributed by atoms with Crippen LogP contribution in [0.2, 0.25) is 0 Å². The van der Waals surface area contributed by atoms with Crippen LogP contribution >= 0.6 is 0 Å². The van der Waals surface area contributed by atoms with Crippen molar-refractivity contribution in [1.82, 2.24) is 5.32 Å². The van der Waals surface area contributed by atoms with E-state index < -0.39 is 35.6 Å². The van der Waals surface area contributed by atoms with Gasteiger partial charge in [0.2, 0.25) is 0 Å². The van der Waals surface area contributed by atoms with E-state index in [2.05, 4.69) is 16.7 Å². The van der Waals surface area contributed by atoms with Crippen LogP contribution in [0.4, 0.5) is 14.9 Å². The first kappa shape index (κ1) is 22.2. The molecule has 8 heteroatoms. The number of hydrogen-bond donors (Lipinski definition) is 2. The summed E-state index contributed by atoms with van der Waals surface area (Å²) in [6.45, 7) is 13.5. The standard InChI is InChI=1S/C20H29BFN3O3/c1-13-10-15(22)16(25-17(26)24-9-8-18(2,3)12-23)11-14(13)21-27-19(4,5)20(6,7)28-21/h10-11H,8-9H2,1-7H3,(H2,24,25,26). The molecule has 1 aliphatic heterocycles. The number of nitriles is 1. The van der Waals surface area contributed by atoms with Gasteiger partial charge in [0.05, 0.1) is 28.4 Å². The summed E-state index contributed by atoms with van der Waals surface area (Å²) in [4.78, 5) is 12.1. The van der Waals surface area contributed by atoms with E-state index in [0.717, 1.165) is 0 Å². The minimum Gasteiger partial charge on any atom is -0.399 e. The summed E-state index contributed by atoms with van der Waals surface area (Å²) in [5.41, 5.74) is -0.175. The van der Waals surface area contributed by atoms with E-state index in [9.17, 15) is 9.18 Å². The van der Waals surface area contributed by atoms with Gasteiger partial charge in [-0.2, -0.15) is 5.26 Å². The van der Waals surface area contributed by atoms with E-state index in [1.165, 1.54) is 6.07 Å². The molecule has 1 fully saturated rings. The van der Waals surface area contributed by atoms with Gasteiger partial charge in [-0.3, -0.25) is 0 Å². The molecule has 0 spiro atoms. The van der Waals surface area contributed by atoms with E-state index >= 15 is 0 Å². The Morgan fingerprint density at radius 1 is 1.25 bits per heavy atom. The van der Waals surface area contributed by atoms with Crippen LogP contribution in [0.3, 0.4) is 0 Å². The third-order valence-corrected chi connectivity index (χ3v) is 5.45. The van der Waals surface area contributed by atoms with E-state index in [4.69, 9.17) is 14.6 Å². The van der Waals surface area contributed by atoms with Gasteiger partial charge in [0.1, 0.15) is 5.82 Å². The van der Waals surface area contributed by atoms with Crippen molar-refractivity contribution in [2.45, 2.75) is 66.1 Å². The summed E-state index contributed by atoms with van der Waals surface area (Å²) >= 11 is 0. The van der Waals surface area contributed by atoms with Crippen LogP contribution in [-0.4, -0.2) is 30.9 Å². The molecule has 1 heterocycles. The lowest BCUT2D eigenvalue weighted by atomic mass is 9.76. The molecule has 0 atom stereocenters. The Morgan fingerprint density at radius 2 is 1.82 bits per heavy atom. The molecular formula is C20H29BFN3O3. The molecule has 2 amide bonds. The van der Waals surface area contributed by atoms with Gasteiger partial charge in [-0.1, -0.05) is 0 Å². The summed E-state index contributed by atoms with van der Waals surface area (Å²) in [6.07, 6.45) is 0.493. The van der Waals surface area contributed by atoms with Gasteiger partial charge >= 0.3 is 13.1 Å². The smallest absolute Gasteiger partial charge is 0.399 e. The number of aryl methyl sites for hydroxylation is 1. The molecule has 0 radical (unpaired) electrons. The third kappa shape index (κ3) is 4.84. The summed E-state index contributed by atoms with van der Waals surface area (Å²) < 4.78 is 26.5. The second-order valence-corrected chi connectivity index (χ2v) is 8.90. The van der Waals surface area contributed by atoms with Crippen molar-refractivity contribution in [1.29, 1.82) is 5.26 Å². The van der Waals surface area contributed by atoms with Crippen molar-refractivity contribution in [3.63, 3.8) is 0 Å². The number of urea groups is 1. The number of nitrogens with zero attached hydrogens (tertiary/aromatic N) is 1. The number of carbonyl (C=O) groups is 1. The van der Waals surface area contributed by atoms with Crippen LogP contribution < -0.4 is 16.1 Å². The quantitative estimate of drug-likeness (QED) is 0.756. The van der Waals surface area contributed by atoms with E-state index in [0.29, 0.717) is 24.0 Å². The van der Waals surface area contributed by atoms with Crippen LogP contribution in [0, 0.1) is 29.5 Å². The largest absolute Gasteiger partial charge is 0.495 e. The molecule has 28 heavy (non-hydrogen) atoms. The number of anilines is 1. The van der Waals surface area contributed by atoms with E-state index in [1.54, 1.807) is 26.8 Å². The molecule has 0 aliphatic carbocycles. The molecule has 1 aromatic carbocycles. The zero-order valence-electron chi connectivity index (χ0n) is 17.7. The minimum absolute atomic E-state index is 0.0485. The molecular weight excluding hydrogens is 360 g/mol. The summed E-state index contributed by atoms with van der Waals surface area (Å²) in [5, 5.41) is 14.2. The molecule has 0 saturated carbocycles. The monoisotopic (exact) mass is 389 g/mol. The fraction of sp³-hybridized carbons (Fsp3) is 0.600. The molecule has 0 bridgehead atoms. The SMILES string of the molecule is Cc1cc(F)c(NC(=O)NCCC(C)(C)C#N)cc1B1OC(C)(C)C(C)(C)O1. The number of rotatable bonds is 5. The summed E-state index contributed by atoms with van der Waals surface area (Å²) in [7, 11) is -0.648. The highest BCUT2D eigenvalue weighted by Gasteiger charge is 2.52. The van der Waals surface area contributed by atoms with Crippen LogP contribution in [-0.2, 0) is 9.31 Å². The number of benzene rings is 1. The minimum atomic E-state index is -0.648. The van der Waals surface area contributed by atoms with E-state index in [1.807, 2.05) is 27.7 Å². The first-order chi connectivity index (χ1) is 12.8. The number of amides is 2. The Morgan fingerprint density at radius 3 is 2.36 bits per heavy atom. The van der Waals surface area contributed by atoms with Crippen molar-refractivity contribution in [3.05, 3.63) is 23.5 Å². The van der Waals surface area contributed by atoms with Gasteiger partial charge in [-0.05, 0) is 78.0 Å². The molecule has 6 nitrogen and oxygen atoms in total. The van der Waals surface area contributed by atoms with Gasteiger partial charge in [-0.25, -0.2) is 9.18 Å². The number of hydrogen-bond acceptors (Lipinski definition) is 4. The maximum absolute atomic E-state index is 14.4. The maximum atomic E-state index is 14.4. The topological polar surface area (TPSA) is 83.4 Å². The van der Waals surface area contributed by atoms with Crippen molar-refractivity contribution in [2.24, 2.45) is 5.41 Å². The van der Waals surface area contributed by atoms with Crippen molar-refractivity contribution in [2.75, 3.05) is 11.9 Å². The second-order valence-electron chi connectivity index (χ2n) is 8.90. The normalized spacial score (nSPS) is 17.9. The lowest BCUT2D eigenvalue weighted by Gasteiger charge is -2.32. The van der Waals surface area contributed by atoms with Crippen molar-refractivity contribution < 1.29 is 18.5 Å². The molecule has 152 valence electrons. The summed E-state index contributed by atoms with van der Waals surface area (Å²) in [5.74, 6) is -0.537. The number of nitrogens with one attached hydrogen (secondary N) is 2. The lowest BCUT2D eigenvalue weighted by Crippen LogP contribution is -2.41. The van der Waals surface area contributed by atoms with E-state index in [-0.39, 0.29) is 5.69 Å². The Hall–Kier alpha value is -2.11. The lowest BCUT2D eigenvalue weighted by molar-refractivity contribution is 0.00578. The highest BCUT2D eigenvalue weighted by atomic mass is 19.1. The van der Waals surface area contributed by atoms with Crippen LogP contribution in [0.15, 0.2) is 12.1 Å². The highest BCUT2D eigenvalue weighted by molar-refractivity contribution is 6.62. The Labute approximate surface area is 166 Å². The molecule has 2 rings (SSSR count). The van der Waals surface area contributed by atoms with Crippen molar-refractivity contribution in [3.8, 4) is 6.07 Å². The van der Waals surface area contributed by atoms with Gasteiger partial charge in [0.25, 0.3) is 0 Å². The fourth-order valence-corrected chi connectivity index (χ4v) is 2.72. The second kappa shape index (κ2) is 7.73. The van der Waals surface area contributed by atoms with Gasteiger partial charge in [-0.15, -0.1) is 0 Å². The number of halogens is 1. The Balaban J connectivity index is 2.12. The maximum Gasteiger partial charge on any atom is 0.495 e. The molecule has 1 aromatic rings. The predicted octanol–water partition coefficient (Wildman–Crippen LogP) is 3.49. The van der Waals surface area contributed by atoms with Gasteiger partial charge in [0.15, 0.2) is 0 Å². The average Bonchev–Trinajstić information content (AvgIpc) is 2.77. The highest BCUT2D eigenvalue weighted by Crippen LogP contribution is 2.37. The molecule has 1 saturated heterocycles. The zero-order valence-corrected chi connectivity index (χ0v) is 17.7. The Bertz CT molecular complexity index is 787. The van der Waals surface area contributed by atoms with Gasteiger partial charge in [0, 0.05) is 6.54 Å². The predicted molar refractivity (Wildman–Crippen MR) is 108 cm³/mol. The first-order valence-electron chi connectivity index (χ1n) is 9.40. The third-order valence-electron chi connectivity index (χ3n) is 5.45. The summed E-state index contributed by atoms with van der Waals surface area (Å²) in [6, 6.07) is 4.54. The van der Waals surface area contributed by atoms with Crippen LogP contribution in [0.25, 0.3) is 0 Å². The molecule has 0 aromatic heterocycles. The molecule has 1 aliphatic rings. The van der Waals surface area contributed by atoms with Crippen molar-refractivity contribution >= 4 is 24.3 Å². The Kier molecular flexibility index (Phi) is 6.12.